The first kappa shape index (κ1) is 16.3. The van der Waals surface area contributed by atoms with Crippen LogP contribution >= 0.6 is 0 Å². The Hall–Kier alpha value is -3.15. The number of rotatable bonds is 3. The molecule has 3 atom stereocenters. The number of nitrogens with one attached hydrogen (secondary N) is 2. The molecule has 0 radical (unpaired) electrons. The number of allylic oxidation sites excluding steroid dienone is 2. The molecule has 26 heavy (non-hydrogen) atoms. The van der Waals surface area contributed by atoms with E-state index in [1.54, 1.807) is 12.1 Å². The fourth-order valence-corrected chi connectivity index (χ4v) is 4.10. The predicted octanol–water partition coefficient (Wildman–Crippen LogP) is 4.38. The molecule has 0 bridgehead atoms. The van der Waals surface area contributed by atoms with Crippen molar-refractivity contribution in [1.82, 2.24) is 0 Å². The molecule has 6 heteroatoms. The third-order valence-corrected chi connectivity index (χ3v) is 5.15. The highest BCUT2D eigenvalue weighted by Crippen LogP contribution is 2.51. The van der Waals surface area contributed by atoms with Crippen LogP contribution < -0.4 is 10.6 Å². The summed E-state index contributed by atoms with van der Waals surface area (Å²) in [7, 11) is 0. The zero-order valence-corrected chi connectivity index (χ0v) is 14.3. The number of nitrogens with zero attached hydrogens (tertiary/aromatic N) is 1. The van der Waals surface area contributed by atoms with Crippen molar-refractivity contribution in [3.8, 4) is 0 Å². The maximum Gasteiger partial charge on any atom is 0.274 e. The third kappa shape index (κ3) is 2.73. The first-order valence-corrected chi connectivity index (χ1v) is 8.62. The van der Waals surface area contributed by atoms with Crippen LogP contribution in [0.3, 0.4) is 0 Å². The Kier molecular flexibility index (Phi) is 3.95. The number of nitro groups is 1. The van der Waals surface area contributed by atoms with Gasteiger partial charge in [0.25, 0.3) is 5.69 Å². The molecular weight excluding hydrogens is 330 g/mol. The summed E-state index contributed by atoms with van der Waals surface area (Å²) in [5, 5.41) is 17.8. The number of carbonyl (C=O) groups is 1. The summed E-state index contributed by atoms with van der Waals surface area (Å²) in [6.07, 6.45) is 5.17. The summed E-state index contributed by atoms with van der Waals surface area (Å²) in [6, 6.07) is 12.6. The standard InChI is InChI=1S/C20H19N3O3/c1-12(24)21-13-9-10-18-17(11-13)14-6-4-7-15(14)20(22-18)16-5-2-3-8-19(16)23(25)26/h2-6,8-11,14-15,20,22H,7H2,1H3,(H,21,24)/t14-,15-,20+/m1/s1. The predicted molar refractivity (Wildman–Crippen MR) is 100 cm³/mol. The summed E-state index contributed by atoms with van der Waals surface area (Å²) in [5.74, 6) is 0.269. The normalized spacial score (nSPS) is 22.9. The van der Waals surface area contributed by atoms with Crippen LogP contribution in [0, 0.1) is 16.0 Å². The number of fused-ring (bicyclic) bond motifs is 3. The molecule has 1 aliphatic heterocycles. The Morgan fingerprint density at radius 2 is 2.04 bits per heavy atom. The quantitative estimate of drug-likeness (QED) is 0.489. The van der Waals surface area contributed by atoms with Gasteiger partial charge in [0.2, 0.25) is 5.91 Å². The molecule has 4 rings (SSSR count). The molecule has 1 heterocycles. The number of hydrogen-bond acceptors (Lipinski definition) is 4. The summed E-state index contributed by atoms with van der Waals surface area (Å²) in [5.41, 5.74) is 3.70. The molecule has 6 nitrogen and oxygen atoms in total. The monoisotopic (exact) mass is 349 g/mol. The van der Waals surface area contributed by atoms with Gasteiger partial charge in [0.15, 0.2) is 0 Å². The van der Waals surface area contributed by atoms with Crippen LogP contribution in [-0.2, 0) is 4.79 Å². The number of anilines is 2. The van der Waals surface area contributed by atoms with Gasteiger partial charge in [-0.3, -0.25) is 14.9 Å². The molecule has 0 saturated heterocycles. The van der Waals surface area contributed by atoms with Crippen molar-refractivity contribution in [2.24, 2.45) is 5.92 Å². The Bertz CT molecular complexity index is 922. The Morgan fingerprint density at radius 1 is 1.23 bits per heavy atom. The van der Waals surface area contributed by atoms with Gasteiger partial charge in [0, 0.05) is 30.3 Å². The van der Waals surface area contributed by atoms with E-state index in [2.05, 4.69) is 22.8 Å². The highest BCUT2D eigenvalue weighted by molar-refractivity contribution is 5.89. The van der Waals surface area contributed by atoms with E-state index in [9.17, 15) is 14.9 Å². The van der Waals surface area contributed by atoms with Gasteiger partial charge in [-0.05, 0) is 36.1 Å². The lowest BCUT2D eigenvalue weighted by molar-refractivity contribution is -0.385. The van der Waals surface area contributed by atoms with Crippen LogP contribution in [0.15, 0.2) is 54.6 Å². The van der Waals surface area contributed by atoms with Crippen LogP contribution in [0.2, 0.25) is 0 Å². The molecule has 2 N–H and O–H groups in total. The van der Waals surface area contributed by atoms with Crippen molar-refractivity contribution >= 4 is 23.0 Å². The lowest BCUT2D eigenvalue weighted by Crippen LogP contribution is -2.29. The van der Waals surface area contributed by atoms with Gasteiger partial charge in [-0.2, -0.15) is 0 Å². The van der Waals surface area contributed by atoms with Crippen molar-refractivity contribution in [2.75, 3.05) is 10.6 Å². The summed E-state index contributed by atoms with van der Waals surface area (Å²) < 4.78 is 0. The van der Waals surface area contributed by atoms with Crippen molar-refractivity contribution in [3.05, 3.63) is 75.9 Å². The van der Waals surface area contributed by atoms with E-state index < -0.39 is 0 Å². The van der Waals surface area contributed by atoms with Crippen molar-refractivity contribution in [1.29, 1.82) is 0 Å². The number of hydrogen-bond donors (Lipinski definition) is 2. The number of amides is 1. The molecule has 0 saturated carbocycles. The maximum atomic E-state index is 11.5. The van der Waals surface area contributed by atoms with Crippen LogP contribution in [0.5, 0.6) is 0 Å². The van der Waals surface area contributed by atoms with Crippen LogP contribution in [0.25, 0.3) is 0 Å². The van der Waals surface area contributed by atoms with E-state index in [1.807, 2.05) is 30.3 Å². The maximum absolute atomic E-state index is 11.5. The molecule has 2 aliphatic rings. The molecule has 2 aromatic rings. The van der Waals surface area contributed by atoms with Gasteiger partial charge < -0.3 is 10.6 Å². The van der Waals surface area contributed by atoms with Gasteiger partial charge in [0.05, 0.1) is 16.5 Å². The molecule has 2 aromatic carbocycles. The average molecular weight is 349 g/mol. The first-order chi connectivity index (χ1) is 12.5. The topological polar surface area (TPSA) is 84.3 Å². The zero-order valence-electron chi connectivity index (χ0n) is 14.3. The molecule has 1 amide bonds. The number of benzene rings is 2. The molecule has 0 spiro atoms. The zero-order chi connectivity index (χ0) is 18.3. The smallest absolute Gasteiger partial charge is 0.274 e. The fourth-order valence-electron chi connectivity index (χ4n) is 4.10. The van der Waals surface area contributed by atoms with Crippen molar-refractivity contribution < 1.29 is 9.72 Å². The molecule has 0 fully saturated rings. The Labute approximate surface area is 151 Å². The van der Waals surface area contributed by atoms with Gasteiger partial charge >= 0.3 is 0 Å². The minimum atomic E-state index is -0.316. The lowest BCUT2D eigenvalue weighted by atomic mass is 9.76. The molecule has 132 valence electrons. The summed E-state index contributed by atoms with van der Waals surface area (Å²) in [4.78, 5) is 22.5. The van der Waals surface area contributed by atoms with Crippen LogP contribution in [0.1, 0.15) is 36.4 Å². The van der Waals surface area contributed by atoms with Crippen LogP contribution in [0.4, 0.5) is 17.1 Å². The second-order valence-corrected chi connectivity index (χ2v) is 6.77. The molecule has 0 aromatic heterocycles. The summed E-state index contributed by atoms with van der Waals surface area (Å²) >= 11 is 0. The van der Waals surface area contributed by atoms with E-state index in [-0.39, 0.29) is 34.4 Å². The van der Waals surface area contributed by atoms with Crippen LogP contribution in [-0.4, -0.2) is 10.8 Å². The Morgan fingerprint density at radius 3 is 2.81 bits per heavy atom. The van der Waals surface area contributed by atoms with E-state index in [0.29, 0.717) is 5.56 Å². The lowest BCUT2D eigenvalue weighted by Gasteiger charge is -2.37. The first-order valence-electron chi connectivity index (χ1n) is 8.62. The fraction of sp³-hybridized carbons (Fsp3) is 0.250. The van der Waals surface area contributed by atoms with E-state index >= 15 is 0 Å². The second kappa shape index (κ2) is 6.29. The molecule has 1 aliphatic carbocycles. The van der Waals surface area contributed by atoms with E-state index in [0.717, 1.165) is 23.4 Å². The van der Waals surface area contributed by atoms with Gasteiger partial charge in [-0.25, -0.2) is 0 Å². The molecular formula is C20H19N3O3. The van der Waals surface area contributed by atoms with E-state index in [1.165, 1.54) is 6.92 Å². The van der Waals surface area contributed by atoms with Crippen molar-refractivity contribution in [3.63, 3.8) is 0 Å². The Balaban J connectivity index is 1.76. The minimum absolute atomic E-state index is 0.106. The molecule has 0 unspecified atom stereocenters. The second-order valence-electron chi connectivity index (χ2n) is 6.77. The highest BCUT2D eigenvalue weighted by Gasteiger charge is 2.40. The largest absolute Gasteiger partial charge is 0.377 e. The minimum Gasteiger partial charge on any atom is -0.377 e. The van der Waals surface area contributed by atoms with E-state index in [4.69, 9.17) is 0 Å². The SMILES string of the molecule is CC(=O)Nc1ccc2c(c1)[C@@H]1C=CC[C@H]1[C@@H](c1ccccc1[N+](=O)[O-])N2. The van der Waals surface area contributed by atoms with Gasteiger partial charge in [0.1, 0.15) is 0 Å². The van der Waals surface area contributed by atoms with Gasteiger partial charge in [-0.1, -0.05) is 30.4 Å². The average Bonchev–Trinajstić information content (AvgIpc) is 3.10. The number of nitro benzene ring substituents is 1. The highest BCUT2D eigenvalue weighted by atomic mass is 16.6. The third-order valence-electron chi connectivity index (χ3n) is 5.15. The van der Waals surface area contributed by atoms with Gasteiger partial charge in [-0.15, -0.1) is 0 Å². The van der Waals surface area contributed by atoms with Crippen molar-refractivity contribution in [2.45, 2.75) is 25.3 Å². The number of para-hydroxylation sites is 1. The summed E-state index contributed by atoms with van der Waals surface area (Å²) in [6.45, 7) is 1.49. The number of carbonyl (C=O) groups excluding carboxylic acids is 1.